The van der Waals surface area contributed by atoms with Crippen molar-refractivity contribution in [1.29, 1.82) is 0 Å². The van der Waals surface area contributed by atoms with E-state index in [0.717, 1.165) is 11.1 Å². The second-order valence-corrected chi connectivity index (χ2v) is 10.5. The van der Waals surface area contributed by atoms with Crippen molar-refractivity contribution in [3.8, 4) is 0 Å². The lowest BCUT2D eigenvalue weighted by atomic mass is 10.0. The van der Waals surface area contributed by atoms with Crippen molar-refractivity contribution in [2.75, 3.05) is 6.54 Å². The molecule has 34 heavy (non-hydrogen) atoms. The van der Waals surface area contributed by atoms with Gasteiger partial charge in [-0.3, -0.25) is 9.88 Å². The number of carboxylic acid groups (broad SMARTS) is 1. The van der Waals surface area contributed by atoms with Gasteiger partial charge in [0.05, 0.1) is 10.5 Å². The SMILES string of the molecule is CC(C)CC(CN(Cc1ccc(C(=O)O)cc1)Cc1cccnc1)NS(=O)(=O)c1ccccc1. The fraction of sp³-hybridized carbons (Fsp3) is 0.308. The molecular formula is C26H31N3O4S. The molecule has 1 atom stereocenters. The third-order valence-corrected chi connectivity index (χ3v) is 6.88. The van der Waals surface area contributed by atoms with Crippen LogP contribution in [-0.4, -0.2) is 42.0 Å². The minimum absolute atomic E-state index is 0.232. The Morgan fingerprint density at radius 3 is 2.24 bits per heavy atom. The van der Waals surface area contributed by atoms with Gasteiger partial charge >= 0.3 is 5.97 Å². The first kappa shape index (κ1) is 25.6. The Labute approximate surface area is 201 Å². The van der Waals surface area contributed by atoms with Crippen molar-refractivity contribution < 1.29 is 18.3 Å². The highest BCUT2D eigenvalue weighted by Crippen LogP contribution is 2.17. The zero-order valence-corrected chi connectivity index (χ0v) is 20.3. The smallest absolute Gasteiger partial charge is 0.335 e. The van der Waals surface area contributed by atoms with Crippen LogP contribution in [0.2, 0.25) is 0 Å². The minimum Gasteiger partial charge on any atom is -0.478 e. The fourth-order valence-corrected chi connectivity index (χ4v) is 5.13. The summed E-state index contributed by atoms with van der Waals surface area (Å²) in [5, 5.41) is 9.17. The molecule has 2 aromatic carbocycles. The van der Waals surface area contributed by atoms with Gasteiger partial charge in [0.2, 0.25) is 10.0 Å². The van der Waals surface area contributed by atoms with Crippen LogP contribution >= 0.6 is 0 Å². The van der Waals surface area contributed by atoms with Crippen molar-refractivity contribution in [2.24, 2.45) is 5.92 Å². The van der Waals surface area contributed by atoms with Crippen molar-refractivity contribution >= 4 is 16.0 Å². The summed E-state index contributed by atoms with van der Waals surface area (Å²) in [5.41, 5.74) is 2.19. The summed E-state index contributed by atoms with van der Waals surface area (Å²) in [7, 11) is -3.67. The van der Waals surface area contributed by atoms with E-state index in [-0.39, 0.29) is 16.5 Å². The number of pyridine rings is 1. The average molecular weight is 482 g/mol. The van der Waals surface area contributed by atoms with Gasteiger partial charge in [0, 0.05) is 38.1 Å². The molecule has 0 aliphatic carbocycles. The van der Waals surface area contributed by atoms with Gasteiger partial charge < -0.3 is 5.11 Å². The van der Waals surface area contributed by atoms with Crippen LogP contribution in [0.1, 0.15) is 41.8 Å². The maximum atomic E-state index is 13.0. The topological polar surface area (TPSA) is 99.6 Å². The second-order valence-electron chi connectivity index (χ2n) is 8.79. The first-order chi connectivity index (χ1) is 16.2. The zero-order valence-electron chi connectivity index (χ0n) is 19.5. The van der Waals surface area contributed by atoms with Crippen LogP contribution in [0.4, 0.5) is 0 Å². The number of benzene rings is 2. The van der Waals surface area contributed by atoms with Crippen LogP contribution < -0.4 is 4.72 Å². The lowest BCUT2D eigenvalue weighted by molar-refractivity contribution is 0.0697. The summed E-state index contributed by atoms with van der Waals surface area (Å²) in [6, 6.07) is 18.7. The Morgan fingerprint density at radius 2 is 1.65 bits per heavy atom. The molecule has 0 aliphatic rings. The average Bonchev–Trinajstić information content (AvgIpc) is 2.80. The number of hydrogen-bond acceptors (Lipinski definition) is 5. The van der Waals surface area contributed by atoms with E-state index in [2.05, 4.69) is 28.5 Å². The molecule has 1 aromatic heterocycles. The summed E-state index contributed by atoms with van der Waals surface area (Å²) < 4.78 is 29.0. The van der Waals surface area contributed by atoms with E-state index in [0.29, 0.717) is 32.0 Å². The normalized spacial score (nSPS) is 12.7. The highest BCUT2D eigenvalue weighted by Gasteiger charge is 2.23. The van der Waals surface area contributed by atoms with Gasteiger partial charge in [0.1, 0.15) is 0 Å². The highest BCUT2D eigenvalue weighted by atomic mass is 32.2. The number of aromatic nitrogens is 1. The Kier molecular flexibility index (Phi) is 8.92. The van der Waals surface area contributed by atoms with Gasteiger partial charge in [-0.1, -0.05) is 50.2 Å². The number of hydrogen-bond donors (Lipinski definition) is 2. The van der Waals surface area contributed by atoms with Gasteiger partial charge in [-0.25, -0.2) is 17.9 Å². The molecule has 7 nitrogen and oxygen atoms in total. The van der Waals surface area contributed by atoms with Crippen molar-refractivity contribution in [3.05, 3.63) is 95.8 Å². The standard InChI is InChI=1S/C26H31N3O4S/c1-20(2)15-24(28-34(32,33)25-8-4-3-5-9-25)19-29(18-22-7-6-14-27-16-22)17-21-10-12-23(13-11-21)26(30)31/h3-14,16,20,24,28H,15,17-19H2,1-2H3,(H,30,31). The molecule has 3 aromatic rings. The van der Waals surface area contributed by atoms with E-state index in [1.807, 2.05) is 12.1 Å². The van der Waals surface area contributed by atoms with E-state index in [9.17, 15) is 18.3 Å². The molecule has 8 heteroatoms. The van der Waals surface area contributed by atoms with E-state index in [1.165, 1.54) is 0 Å². The predicted molar refractivity (Wildman–Crippen MR) is 132 cm³/mol. The van der Waals surface area contributed by atoms with Crippen LogP contribution in [0.15, 0.2) is 84.0 Å². The second kappa shape index (κ2) is 11.9. The molecule has 0 fully saturated rings. The minimum atomic E-state index is -3.67. The third-order valence-electron chi connectivity index (χ3n) is 5.35. The van der Waals surface area contributed by atoms with Crippen LogP contribution in [-0.2, 0) is 23.1 Å². The number of nitrogens with one attached hydrogen (secondary N) is 1. The molecule has 1 heterocycles. The quantitative estimate of drug-likeness (QED) is 0.403. The molecular weight excluding hydrogens is 450 g/mol. The van der Waals surface area contributed by atoms with Gasteiger partial charge in [-0.05, 0) is 53.8 Å². The Bertz CT molecular complexity index is 1150. The molecule has 180 valence electrons. The van der Waals surface area contributed by atoms with E-state index < -0.39 is 16.0 Å². The molecule has 0 spiro atoms. The van der Waals surface area contributed by atoms with Crippen molar-refractivity contribution in [2.45, 2.75) is 44.3 Å². The molecule has 0 aliphatic heterocycles. The third kappa shape index (κ3) is 7.76. The molecule has 3 rings (SSSR count). The van der Waals surface area contributed by atoms with Crippen LogP contribution in [0.5, 0.6) is 0 Å². The number of sulfonamides is 1. The summed E-state index contributed by atoms with van der Waals surface area (Å²) in [6.07, 6.45) is 4.19. The summed E-state index contributed by atoms with van der Waals surface area (Å²) in [4.78, 5) is 17.8. The van der Waals surface area contributed by atoms with Crippen LogP contribution in [0.3, 0.4) is 0 Å². The molecule has 0 saturated heterocycles. The predicted octanol–water partition coefficient (Wildman–Crippen LogP) is 4.18. The highest BCUT2D eigenvalue weighted by molar-refractivity contribution is 7.89. The molecule has 0 amide bonds. The van der Waals surface area contributed by atoms with Gasteiger partial charge in [0.25, 0.3) is 0 Å². The van der Waals surface area contributed by atoms with Gasteiger partial charge in [-0.15, -0.1) is 0 Å². The number of carboxylic acids is 1. The lowest BCUT2D eigenvalue weighted by Crippen LogP contribution is -2.44. The zero-order chi connectivity index (χ0) is 24.6. The van der Waals surface area contributed by atoms with E-state index >= 15 is 0 Å². The van der Waals surface area contributed by atoms with Gasteiger partial charge in [0.15, 0.2) is 0 Å². The fourth-order valence-electron chi connectivity index (χ4n) is 3.87. The van der Waals surface area contributed by atoms with Crippen molar-refractivity contribution in [3.63, 3.8) is 0 Å². The van der Waals surface area contributed by atoms with E-state index in [1.54, 1.807) is 67.0 Å². The van der Waals surface area contributed by atoms with E-state index in [4.69, 9.17) is 0 Å². The molecule has 2 N–H and O–H groups in total. The number of carbonyl (C=O) groups is 1. The Morgan fingerprint density at radius 1 is 0.971 bits per heavy atom. The summed E-state index contributed by atoms with van der Waals surface area (Å²) >= 11 is 0. The first-order valence-corrected chi connectivity index (χ1v) is 12.7. The molecule has 0 bridgehead atoms. The maximum absolute atomic E-state index is 13.0. The summed E-state index contributed by atoms with van der Waals surface area (Å²) in [5.74, 6) is -0.676. The largest absolute Gasteiger partial charge is 0.478 e. The van der Waals surface area contributed by atoms with Crippen molar-refractivity contribution in [1.82, 2.24) is 14.6 Å². The summed E-state index contributed by atoms with van der Waals surface area (Å²) in [6.45, 7) is 5.74. The van der Waals surface area contributed by atoms with Crippen LogP contribution in [0, 0.1) is 5.92 Å². The van der Waals surface area contributed by atoms with Crippen LogP contribution in [0.25, 0.3) is 0 Å². The molecule has 0 saturated carbocycles. The van der Waals surface area contributed by atoms with Gasteiger partial charge in [-0.2, -0.15) is 0 Å². The number of aromatic carboxylic acids is 1. The first-order valence-electron chi connectivity index (χ1n) is 11.2. The molecule has 0 radical (unpaired) electrons. The monoisotopic (exact) mass is 481 g/mol. The number of rotatable bonds is 12. The lowest BCUT2D eigenvalue weighted by Gasteiger charge is -2.29. The number of nitrogens with zero attached hydrogens (tertiary/aromatic N) is 2. The molecule has 1 unspecified atom stereocenters. The Balaban J connectivity index is 1.83. The maximum Gasteiger partial charge on any atom is 0.335 e. The Hall–Kier alpha value is -3.07.